The summed E-state index contributed by atoms with van der Waals surface area (Å²) in [5, 5.41) is 7.44. The molecule has 4 amide bonds. The van der Waals surface area contributed by atoms with Gasteiger partial charge in [-0.05, 0) is 38.6 Å². The molecular formula is C16H32N8O4. The first kappa shape index (κ1) is 25.1. The van der Waals surface area contributed by atoms with Crippen LogP contribution in [0.15, 0.2) is 4.99 Å². The largest absolute Gasteiger partial charge is 0.370 e. The molecule has 28 heavy (non-hydrogen) atoms. The van der Waals surface area contributed by atoms with Crippen LogP contribution in [0.25, 0.3) is 0 Å². The molecule has 2 atom stereocenters. The first-order valence-electron chi connectivity index (χ1n) is 9.06. The van der Waals surface area contributed by atoms with Crippen molar-refractivity contribution in [2.45, 2.75) is 51.1 Å². The van der Waals surface area contributed by atoms with Crippen molar-refractivity contribution in [3.8, 4) is 0 Å². The van der Waals surface area contributed by atoms with Crippen molar-refractivity contribution in [2.75, 3.05) is 19.6 Å². The van der Waals surface area contributed by atoms with E-state index in [4.69, 9.17) is 22.9 Å². The van der Waals surface area contributed by atoms with E-state index in [0.29, 0.717) is 32.2 Å². The summed E-state index contributed by atoms with van der Waals surface area (Å²) in [7, 11) is 0. The molecule has 0 radical (unpaired) electrons. The Labute approximate surface area is 164 Å². The predicted octanol–water partition coefficient (Wildman–Crippen LogP) is -3.24. The van der Waals surface area contributed by atoms with Gasteiger partial charge in [-0.15, -0.1) is 0 Å². The van der Waals surface area contributed by atoms with E-state index in [1.165, 1.54) is 6.92 Å². The highest BCUT2D eigenvalue weighted by Gasteiger charge is 2.25. The lowest BCUT2D eigenvalue weighted by Crippen LogP contribution is -2.54. The summed E-state index contributed by atoms with van der Waals surface area (Å²) in [4.78, 5) is 50.8. The maximum Gasteiger partial charge on any atom is 0.243 e. The number of carbonyl (C=O) groups excluding carboxylic acids is 4. The summed E-state index contributed by atoms with van der Waals surface area (Å²) in [6.07, 6.45) is 2.27. The van der Waals surface area contributed by atoms with Gasteiger partial charge < -0.3 is 38.9 Å². The average molecular weight is 400 g/mol. The second-order valence-corrected chi connectivity index (χ2v) is 6.23. The number of carbonyl (C=O) groups is 4. The Hall–Kier alpha value is -2.89. The zero-order valence-corrected chi connectivity index (χ0v) is 16.2. The van der Waals surface area contributed by atoms with Crippen LogP contribution < -0.4 is 38.9 Å². The zero-order valence-electron chi connectivity index (χ0n) is 16.2. The Morgan fingerprint density at radius 1 is 0.929 bits per heavy atom. The van der Waals surface area contributed by atoms with Gasteiger partial charge in [0.25, 0.3) is 0 Å². The second-order valence-electron chi connectivity index (χ2n) is 6.23. The van der Waals surface area contributed by atoms with Crippen molar-refractivity contribution in [2.24, 2.45) is 27.9 Å². The van der Waals surface area contributed by atoms with Crippen LogP contribution >= 0.6 is 0 Å². The molecular weight excluding hydrogens is 368 g/mol. The highest BCUT2D eigenvalue weighted by molar-refractivity contribution is 5.92. The minimum Gasteiger partial charge on any atom is -0.370 e. The van der Waals surface area contributed by atoms with Crippen molar-refractivity contribution in [3.05, 3.63) is 0 Å². The number of guanidine groups is 1. The molecule has 0 saturated carbocycles. The van der Waals surface area contributed by atoms with E-state index >= 15 is 0 Å². The molecule has 0 unspecified atom stereocenters. The van der Waals surface area contributed by atoms with Crippen LogP contribution in [0.1, 0.15) is 39.0 Å². The standard InChI is InChI=1S/C16H32N8O4/c1-10(25)22-9-13(26)23-12(5-2-3-7-17)15(28)24-11(14(18)27)6-4-8-21-16(19)20/h11-12H,2-9,17H2,1H3,(H2,18,27)(H,22,25)(H,23,26)(H,24,28)(H4,19,20,21)/t11-,12-/m0/s1. The van der Waals surface area contributed by atoms with Gasteiger partial charge in [0, 0.05) is 13.5 Å². The highest BCUT2D eigenvalue weighted by Crippen LogP contribution is 2.04. The van der Waals surface area contributed by atoms with Gasteiger partial charge in [-0.2, -0.15) is 0 Å². The van der Waals surface area contributed by atoms with E-state index in [1.54, 1.807) is 0 Å². The number of unbranched alkanes of at least 4 members (excludes halogenated alkanes) is 1. The van der Waals surface area contributed by atoms with Crippen LogP contribution in [0.5, 0.6) is 0 Å². The number of aliphatic imine (C=N–C) groups is 1. The molecule has 12 nitrogen and oxygen atoms in total. The second kappa shape index (κ2) is 14.2. The number of primary amides is 1. The Morgan fingerprint density at radius 2 is 1.57 bits per heavy atom. The molecule has 0 aliphatic heterocycles. The van der Waals surface area contributed by atoms with Gasteiger partial charge in [-0.1, -0.05) is 0 Å². The molecule has 0 aliphatic carbocycles. The molecule has 0 aliphatic rings. The molecule has 0 aromatic carbocycles. The van der Waals surface area contributed by atoms with E-state index in [9.17, 15) is 19.2 Å². The normalized spacial score (nSPS) is 12.4. The lowest BCUT2D eigenvalue weighted by molar-refractivity contribution is -0.131. The molecule has 0 heterocycles. The molecule has 0 rings (SSSR count). The number of nitrogens with one attached hydrogen (secondary N) is 3. The van der Waals surface area contributed by atoms with Gasteiger partial charge in [0.05, 0.1) is 6.54 Å². The lowest BCUT2D eigenvalue weighted by Gasteiger charge is -2.22. The molecule has 160 valence electrons. The van der Waals surface area contributed by atoms with Gasteiger partial charge in [0.15, 0.2) is 5.96 Å². The fraction of sp³-hybridized carbons (Fsp3) is 0.688. The third kappa shape index (κ3) is 12.5. The molecule has 0 aromatic heterocycles. The maximum absolute atomic E-state index is 12.5. The van der Waals surface area contributed by atoms with Crippen LogP contribution in [0.3, 0.4) is 0 Å². The minimum atomic E-state index is -0.925. The van der Waals surface area contributed by atoms with Crippen molar-refractivity contribution in [1.29, 1.82) is 0 Å². The third-order valence-electron chi connectivity index (χ3n) is 3.70. The van der Waals surface area contributed by atoms with Gasteiger partial charge >= 0.3 is 0 Å². The minimum absolute atomic E-state index is 0.0680. The van der Waals surface area contributed by atoms with Crippen LogP contribution in [0.4, 0.5) is 0 Å². The smallest absolute Gasteiger partial charge is 0.243 e. The van der Waals surface area contributed by atoms with Crippen molar-refractivity contribution in [3.63, 3.8) is 0 Å². The number of hydrogen-bond acceptors (Lipinski definition) is 6. The summed E-state index contributed by atoms with van der Waals surface area (Å²) in [6, 6.07) is -1.81. The van der Waals surface area contributed by atoms with Crippen LogP contribution in [0, 0.1) is 0 Å². The maximum atomic E-state index is 12.5. The molecule has 0 saturated heterocycles. The van der Waals surface area contributed by atoms with E-state index in [0.717, 1.165) is 0 Å². The summed E-state index contributed by atoms with van der Waals surface area (Å²) in [5.74, 6) is -2.20. The van der Waals surface area contributed by atoms with E-state index in [-0.39, 0.29) is 31.4 Å². The highest BCUT2D eigenvalue weighted by atomic mass is 16.2. The van der Waals surface area contributed by atoms with E-state index < -0.39 is 29.8 Å². The molecule has 0 bridgehead atoms. The summed E-state index contributed by atoms with van der Waals surface area (Å²) < 4.78 is 0. The van der Waals surface area contributed by atoms with Gasteiger partial charge in [-0.3, -0.25) is 24.2 Å². The summed E-state index contributed by atoms with van der Waals surface area (Å²) in [6.45, 7) is 1.75. The van der Waals surface area contributed by atoms with E-state index in [1.807, 2.05) is 0 Å². The number of nitrogens with two attached hydrogens (primary N) is 4. The molecule has 0 spiro atoms. The predicted molar refractivity (Wildman–Crippen MR) is 105 cm³/mol. The van der Waals surface area contributed by atoms with E-state index in [2.05, 4.69) is 20.9 Å². The Kier molecular flexibility index (Phi) is 12.7. The molecule has 11 N–H and O–H groups in total. The van der Waals surface area contributed by atoms with Gasteiger partial charge in [-0.25, -0.2) is 0 Å². The van der Waals surface area contributed by atoms with Crippen LogP contribution in [-0.2, 0) is 19.2 Å². The number of amides is 4. The molecule has 0 fully saturated rings. The fourth-order valence-electron chi connectivity index (χ4n) is 2.27. The number of rotatable bonds is 14. The van der Waals surface area contributed by atoms with Gasteiger partial charge in [0.2, 0.25) is 23.6 Å². The Bertz CT molecular complexity index is 563. The third-order valence-corrected chi connectivity index (χ3v) is 3.70. The monoisotopic (exact) mass is 400 g/mol. The number of hydrogen-bond donors (Lipinski definition) is 7. The summed E-state index contributed by atoms with van der Waals surface area (Å²) >= 11 is 0. The van der Waals surface area contributed by atoms with Crippen molar-refractivity contribution in [1.82, 2.24) is 16.0 Å². The Morgan fingerprint density at radius 3 is 2.11 bits per heavy atom. The molecule has 0 aromatic rings. The van der Waals surface area contributed by atoms with Gasteiger partial charge in [0.1, 0.15) is 12.1 Å². The first-order valence-corrected chi connectivity index (χ1v) is 9.06. The Balaban J connectivity index is 4.85. The van der Waals surface area contributed by atoms with Crippen molar-refractivity contribution < 1.29 is 19.2 Å². The first-order chi connectivity index (χ1) is 13.2. The number of nitrogens with zero attached hydrogens (tertiary/aromatic N) is 1. The topological polar surface area (TPSA) is 221 Å². The van der Waals surface area contributed by atoms with Crippen molar-refractivity contribution >= 4 is 29.6 Å². The van der Waals surface area contributed by atoms with Crippen LogP contribution in [0.2, 0.25) is 0 Å². The SMILES string of the molecule is CC(=O)NCC(=O)N[C@@H](CCCCN)C(=O)N[C@@H](CCCN=C(N)N)C(N)=O. The quantitative estimate of drug-likeness (QED) is 0.0895. The summed E-state index contributed by atoms with van der Waals surface area (Å²) in [5.41, 5.74) is 21.3. The lowest BCUT2D eigenvalue weighted by atomic mass is 10.1. The fourth-order valence-corrected chi connectivity index (χ4v) is 2.27. The zero-order chi connectivity index (χ0) is 21.5. The van der Waals surface area contributed by atoms with Crippen LogP contribution in [-0.4, -0.2) is 61.3 Å². The average Bonchev–Trinajstić information content (AvgIpc) is 2.61. The molecule has 12 heteroatoms.